The Labute approximate surface area is 122 Å². The summed E-state index contributed by atoms with van der Waals surface area (Å²) >= 11 is 5.81. The van der Waals surface area contributed by atoms with E-state index in [4.69, 9.17) is 17.3 Å². The molecule has 0 spiro atoms. The highest BCUT2D eigenvalue weighted by Gasteiger charge is 2.30. The van der Waals surface area contributed by atoms with E-state index in [-0.39, 0.29) is 22.1 Å². The standard InChI is InChI=1S/C13H9ClF3N3O/c14-10-6-19-11(18)5-9(10)12(21)20-8-3-1-7(2-4-8)13(15,16)17/h1-6H,(H2,18,19)(H,20,21). The van der Waals surface area contributed by atoms with Crippen molar-refractivity contribution < 1.29 is 18.0 Å². The van der Waals surface area contributed by atoms with Gasteiger partial charge in [0.2, 0.25) is 0 Å². The van der Waals surface area contributed by atoms with Crippen molar-refractivity contribution in [1.82, 2.24) is 4.98 Å². The van der Waals surface area contributed by atoms with E-state index in [1.807, 2.05) is 0 Å². The number of hydrogen-bond donors (Lipinski definition) is 2. The van der Waals surface area contributed by atoms with Crippen LogP contribution in [0.2, 0.25) is 5.02 Å². The largest absolute Gasteiger partial charge is 0.416 e. The van der Waals surface area contributed by atoms with Crippen LogP contribution in [0, 0.1) is 0 Å². The minimum Gasteiger partial charge on any atom is -0.384 e. The van der Waals surface area contributed by atoms with E-state index in [0.717, 1.165) is 24.3 Å². The summed E-state index contributed by atoms with van der Waals surface area (Å²) in [5.74, 6) is -0.481. The number of carbonyl (C=O) groups is 1. The Kier molecular flexibility index (Phi) is 4.04. The number of carbonyl (C=O) groups excluding carboxylic acids is 1. The molecule has 2 rings (SSSR count). The Morgan fingerprint density at radius 2 is 1.86 bits per heavy atom. The quantitative estimate of drug-likeness (QED) is 0.890. The summed E-state index contributed by atoms with van der Waals surface area (Å²) in [6.45, 7) is 0. The van der Waals surface area contributed by atoms with Gasteiger partial charge in [0.1, 0.15) is 5.82 Å². The van der Waals surface area contributed by atoms with Crippen molar-refractivity contribution in [3.05, 3.63) is 52.7 Å². The van der Waals surface area contributed by atoms with Gasteiger partial charge in [0.15, 0.2) is 0 Å². The lowest BCUT2D eigenvalue weighted by atomic mass is 10.2. The normalized spacial score (nSPS) is 11.2. The van der Waals surface area contributed by atoms with Crippen LogP contribution in [0.1, 0.15) is 15.9 Å². The molecule has 0 saturated heterocycles. The van der Waals surface area contributed by atoms with Crippen molar-refractivity contribution in [2.45, 2.75) is 6.18 Å². The molecule has 0 fully saturated rings. The molecule has 0 unspecified atom stereocenters. The van der Waals surface area contributed by atoms with E-state index in [1.54, 1.807) is 0 Å². The topological polar surface area (TPSA) is 68.0 Å². The Morgan fingerprint density at radius 3 is 2.43 bits per heavy atom. The van der Waals surface area contributed by atoms with Gasteiger partial charge >= 0.3 is 6.18 Å². The molecule has 1 aromatic heterocycles. The van der Waals surface area contributed by atoms with Crippen LogP contribution in [-0.2, 0) is 6.18 Å². The first kappa shape index (κ1) is 15.1. The van der Waals surface area contributed by atoms with Crippen LogP contribution >= 0.6 is 11.6 Å². The maximum absolute atomic E-state index is 12.4. The summed E-state index contributed by atoms with van der Waals surface area (Å²) < 4.78 is 37.3. The average molecular weight is 316 g/mol. The van der Waals surface area contributed by atoms with Gasteiger partial charge in [0.25, 0.3) is 5.91 Å². The van der Waals surface area contributed by atoms with Gasteiger partial charge in [0.05, 0.1) is 16.1 Å². The number of nitrogen functional groups attached to an aromatic ring is 1. The fourth-order valence-electron chi connectivity index (χ4n) is 1.57. The number of aromatic nitrogens is 1. The first-order chi connectivity index (χ1) is 9.77. The zero-order valence-electron chi connectivity index (χ0n) is 10.4. The molecule has 8 heteroatoms. The number of pyridine rings is 1. The van der Waals surface area contributed by atoms with Crippen molar-refractivity contribution in [3.8, 4) is 0 Å². The minimum atomic E-state index is -4.43. The van der Waals surface area contributed by atoms with E-state index < -0.39 is 17.6 Å². The van der Waals surface area contributed by atoms with Crippen LogP contribution in [0.4, 0.5) is 24.7 Å². The molecule has 0 aliphatic rings. The summed E-state index contributed by atoms with van der Waals surface area (Å²) in [4.78, 5) is 15.7. The van der Waals surface area contributed by atoms with Gasteiger partial charge in [-0.15, -0.1) is 0 Å². The number of rotatable bonds is 2. The SMILES string of the molecule is Nc1cc(C(=O)Nc2ccc(C(F)(F)F)cc2)c(Cl)cn1. The molecular weight excluding hydrogens is 307 g/mol. The van der Waals surface area contributed by atoms with Crippen LogP contribution in [0.15, 0.2) is 36.5 Å². The number of nitrogens with zero attached hydrogens (tertiary/aromatic N) is 1. The predicted molar refractivity (Wildman–Crippen MR) is 73.1 cm³/mol. The van der Waals surface area contributed by atoms with E-state index in [9.17, 15) is 18.0 Å². The van der Waals surface area contributed by atoms with Crippen LogP contribution < -0.4 is 11.1 Å². The second-order valence-electron chi connectivity index (χ2n) is 4.12. The molecular formula is C13H9ClF3N3O. The Balaban J connectivity index is 2.18. The molecule has 0 atom stereocenters. The molecule has 1 heterocycles. The molecule has 4 nitrogen and oxygen atoms in total. The van der Waals surface area contributed by atoms with Gasteiger partial charge in [-0.3, -0.25) is 4.79 Å². The lowest BCUT2D eigenvalue weighted by Crippen LogP contribution is -2.13. The number of anilines is 2. The molecule has 0 saturated carbocycles. The zero-order valence-corrected chi connectivity index (χ0v) is 11.2. The Bertz CT molecular complexity index is 671. The molecule has 3 N–H and O–H groups in total. The maximum Gasteiger partial charge on any atom is 0.416 e. The first-order valence-corrected chi connectivity index (χ1v) is 6.05. The highest BCUT2D eigenvalue weighted by atomic mass is 35.5. The fourth-order valence-corrected chi connectivity index (χ4v) is 1.76. The second-order valence-corrected chi connectivity index (χ2v) is 4.53. The molecule has 0 bridgehead atoms. The molecule has 1 aromatic carbocycles. The summed E-state index contributed by atoms with van der Waals surface area (Å²) in [6, 6.07) is 5.33. The molecule has 21 heavy (non-hydrogen) atoms. The monoisotopic (exact) mass is 315 g/mol. The van der Waals surface area contributed by atoms with Gasteiger partial charge in [-0.1, -0.05) is 11.6 Å². The van der Waals surface area contributed by atoms with Gasteiger partial charge in [-0.05, 0) is 30.3 Å². The zero-order chi connectivity index (χ0) is 15.6. The Hall–Kier alpha value is -2.28. The highest BCUT2D eigenvalue weighted by molar-refractivity contribution is 6.34. The van der Waals surface area contributed by atoms with Crippen molar-refractivity contribution in [3.63, 3.8) is 0 Å². The number of nitrogens with one attached hydrogen (secondary N) is 1. The third kappa shape index (κ3) is 3.63. The second kappa shape index (κ2) is 5.61. The third-order valence-corrected chi connectivity index (χ3v) is 2.89. The number of alkyl halides is 3. The number of benzene rings is 1. The smallest absolute Gasteiger partial charge is 0.384 e. The van der Waals surface area contributed by atoms with Crippen molar-refractivity contribution >= 4 is 29.0 Å². The molecule has 0 aliphatic heterocycles. The molecule has 1 amide bonds. The van der Waals surface area contributed by atoms with Crippen LogP contribution in [0.5, 0.6) is 0 Å². The van der Waals surface area contributed by atoms with E-state index in [1.165, 1.54) is 12.3 Å². The van der Waals surface area contributed by atoms with Crippen molar-refractivity contribution in [2.24, 2.45) is 0 Å². The molecule has 0 aliphatic carbocycles. The van der Waals surface area contributed by atoms with Gasteiger partial charge < -0.3 is 11.1 Å². The number of hydrogen-bond acceptors (Lipinski definition) is 3. The molecule has 2 aromatic rings. The van der Waals surface area contributed by atoms with E-state index in [0.29, 0.717) is 0 Å². The lowest BCUT2D eigenvalue weighted by molar-refractivity contribution is -0.137. The first-order valence-electron chi connectivity index (χ1n) is 5.67. The molecule has 110 valence electrons. The van der Waals surface area contributed by atoms with Crippen LogP contribution in [0.3, 0.4) is 0 Å². The van der Waals surface area contributed by atoms with Crippen molar-refractivity contribution in [2.75, 3.05) is 11.1 Å². The summed E-state index contributed by atoms with van der Waals surface area (Å²) in [6.07, 6.45) is -3.20. The molecule has 0 radical (unpaired) electrons. The Morgan fingerprint density at radius 1 is 1.24 bits per heavy atom. The van der Waals surface area contributed by atoms with Crippen molar-refractivity contribution in [1.29, 1.82) is 0 Å². The van der Waals surface area contributed by atoms with Gasteiger partial charge in [0, 0.05) is 11.9 Å². The lowest BCUT2D eigenvalue weighted by Gasteiger charge is -2.09. The van der Waals surface area contributed by atoms with Gasteiger partial charge in [-0.2, -0.15) is 13.2 Å². The van der Waals surface area contributed by atoms with Crippen LogP contribution in [0.25, 0.3) is 0 Å². The number of halogens is 4. The highest BCUT2D eigenvalue weighted by Crippen LogP contribution is 2.30. The maximum atomic E-state index is 12.4. The van der Waals surface area contributed by atoms with Crippen LogP contribution in [-0.4, -0.2) is 10.9 Å². The average Bonchev–Trinajstić information content (AvgIpc) is 2.41. The minimum absolute atomic E-state index is 0.0871. The van der Waals surface area contributed by atoms with E-state index in [2.05, 4.69) is 10.3 Å². The predicted octanol–water partition coefficient (Wildman–Crippen LogP) is 3.59. The number of amides is 1. The summed E-state index contributed by atoms with van der Waals surface area (Å²) in [5.41, 5.74) is 4.95. The third-order valence-electron chi connectivity index (χ3n) is 2.59. The fraction of sp³-hybridized carbons (Fsp3) is 0.0769. The van der Waals surface area contributed by atoms with E-state index >= 15 is 0 Å². The summed E-state index contributed by atoms with van der Waals surface area (Å²) in [5, 5.41) is 2.52. The number of nitrogens with two attached hydrogens (primary N) is 1. The van der Waals surface area contributed by atoms with Gasteiger partial charge in [-0.25, -0.2) is 4.98 Å². The summed E-state index contributed by atoms with van der Waals surface area (Å²) in [7, 11) is 0.